The van der Waals surface area contributed by atoms with E-state index in [0.29, 0.717) is 38.5 Å². The van der Waals surface area contributed by atoms with E-state index in [-0.39, 0.29) is 10.8 Å². The van der Waals surface area contributed by atoms with Crippen molar-refractivity contribution in [1.29, 1.82) is 0 Å². The third-order valence-electron chi connectivity index (χ3n) is 3.01. The maximum atomic E-state index is 12.3. The number of amides is 1. The number of aromatic nitrogens is 1. The lowest BCUT2D eigenvalue weighted by Gasteiger charge is -2.27. The minimum atomic E-state index is -3.82. The molecule has 0 atom stereocenters. The molecule has 0 spiro atoms. The second-order valence-corrected chi connectivity index (χ2v) is 6.76. The smallest absolute Gasteiger partial charge is 0.270 e. The van der Waals surface area contributed by atoms with Crippen molar-refractivity contribution in [2.45, 2.75) is 18.4 Å². The number of ether oxygens (including phenoxy) is 1. The average Bonchev–Trinajstić information content (AvgIpc) is 2.83. The number of morpholine rings is 1. The topological polar surface area (TPSA) is 68.6 Å². The molecule has 2 rings (SSSR count). The Bertz CT molecular complexity index is 576. The minimum absolute atomic E-state index is 0.0485. The number of hydrogen-bond acceptors (Lipinski definition) is 4. The quantitative estimate of drug-likeness (QED) is 0.778. The highest BCUT2D eigenvalue weighted by molar-refractivity contribution is 8.13. The molecule has 0 N–H and O–H groups in total. The van der Waals surface area contributed by atoms with Crippen LogP contribution in [0.3, 0.4) is 0 Å². The summed E-state index contributed by atoms with van der Waals surface area (Å²) in [6.07, 6.45) is 1.38. The highest BCUT2D eigenvalue weighted by Crippen LogP contribution is 2.20. The molecule has 0 radical (unpaired) electrons. The molecule has 1 amide bonds. The van der Waals surface area contributed by atoms with Gasteiger partial charge in [-0.2, -0.15) is 0 Å². The van der Waals surface area contributed by atoms with E-state index >= 15 is 0 Å². The molecule has 0 aliphatic carbocycles. The van der Waals surface area contributed by atoms with Gasteiger partial charge in [0.15, 0.2) is 0 Å². The number of halogens is 1. The molecule has 2 heterocycles. The Kier molecular flexibility index (Phi) is 4.17. The van der Waals surface area contributed by atoms with Crippen molar-refractivity contribution in [3.8, 4) is 0 Å². The summed E-state index contributed by atoms with van der Waals surface area (Å²) in [5, 5.41) is 0. The highest BCUT2D eigenvalue weighted by Gasteiger charge is 2.24. The summed E-state index contributed by atoms with van der Waals surface area (Å²) >= 11 is 0. The maximum Gasteiger partial charge on any atom is 0.270 e. The van der Waals surface area contributed by atoms with Crippen molar-refractivity contribution < 1.29 is 17.9 Å². The van der Waals surface area contributed by atoms with Crippen LogP contribution < -0.4 is 0 Å². The van der Waals surface area contributed by atoms with Crippen molar-refractivity contribution in [2.75, 3.05) is 26.3 Å². The number of rotatable bonds is 3. The summed E-state index contributed by atoms with van der Waals surface area (Å²) in [6, 6.07) is 1.32. The van der Waals surface area contributed by atoms with Gasteiger partial charge in [-0.15, -0.1) is 0 Å². The molecule has 1 aliphatic heterocycles. The van der Waals surface area contributed by atoms with Crippen molar-refractivity contribution in [3.05, 3.63) is 18.0 Å². The van der Waals surface area contributed by atoms with Crippen LogP contribution in [0, 0.1) is 0 Å². The number of aryl methyl sites for hydroxylation is 1. The van der Waals surface area contributed by atoms with E-state index in [2.05, 4.69) is 0 Å². The van der Waals surface area contributed by atoms with Crippen LogP contribution in [0.2, 0.25) is 0 Å². The van der Waals surface area contributed by atoms with Gasteiger partial charge in [-0.3, -0.25) is 4.79 Å². The molecule has 6 nitrogen and oxygen atoms in total. The lowest BCUT2D eigenvalue weighted by Crippen LogP contribution is -2.41. The van der Waals surface area contributed by atoms with E-state index in [0.717, 1.165) is 0 Å². The zero-order valence-corrected chi connectivity index (χ0v) is 12.1. The molecule has 0 bridgehead atoms. The Balaban J connectivity index is 2.32. The summed E-state index contributed by atoms with van der Waals surface area (Å²) in [7, 11) is 1.48. The van der Waals surface area contributed by atoms with E-state index in [4.69, 9.17) is 15.4 Å². The fourth-order valence-corrected chi connectivity index (χ4v) is 2.74. The lowest BCUT2D eigenvalue weighted by molar-refractivity contribution is 0.0296. The number of carbonyl (C=O) groups is 1. The number of hydrogen-bond donors (Lipinski definition) is 0. The molecule has 0 saturated carbocycles. The van der Waals surface area contributed by atoms with Gasteiger partial charge in [0.25, 0.3) is 15.0 Å². The molecule has 0 unspecified atom stereocenters. The Morgan fingerprint density at radius 2 is 2.05 bits per heavy atom. The van der Waals surface area contributed by atoms with Crippen LogP contribution in [0.1, 0.15) is 17.4 Å². The highest BCUT2D eigenvalue weighted by atomic mass is 35.7. The first-order valence-electron chi connectivity index (χ1n) is 5.95. The third-order valence-corrected chi connectivity index (χ3v) is 4.33. The van der Waals surface area contributed by atoms with Gasteiger partial charge in [-0.05, 0) is 13.0 Å². The molecular weight excluding hydrogens is 292 g/mol. The minimum Gasteiger partial charge on any atom is -0.378 e. The molecular formula is C11H15ClN2O4S. The molecule has 8 heteroatoms. The monoisotopic (exact) mass is 306 g/mol. The van der Waals surface area contributed by atoms with Gasteiger partial charge in [0.05, 0.1) is 13.2 Å². The Labute approximate surface area is 116 Å². The van der Waals surface area contributed by atoms with E-state index in [1.807, 2.05) is 6.92 Å². The molecule has 1 aliphatic rings. The van der Waals surface area contributed by atoms with Gasteiger partial charge in [0.1, 0.15) is 10.6 Å². The van der Waals surface area contributed by atoms with Crippen LogP contribution in [-0.2, 0) is 20.3 Å². The average molecular weight is 307 g/mol. The van der Waals surface area contributed by atoms with Crippen LogP contribution in [0.15, 0.2) is 17.2 Å². The third kappa shape index (κ3) is 3.10. The van der Waals surface area contributed by atoms with Crippen molar-refractivity contribution in [3.63, 3.8) is 0 Å². The first-order chi connectivity index (χ1) is 8.93. The van der Waals surface area contributed by atoms with Crippen molar-refractivity contribution in [1.82, 2.24) is 9.47 Å². The fraction of sp³-hybridized carbons (Fsp3) is 0.545. The first-order valence-corrected chi connectivity index (χ1v) is 8.26. The lowest BCUT2D eigenvalue weighted by atomic mass is 10.3. The van der Waals surface area contributed by atoms with E-state index in [1.165, 1.54) is 12.3 Å². The first kappa shape index (κ1) is 14.4. The SMILES string of the molecule is CCn1cc(S(=O)(=O)Cl)cc1C(=O)N1CCOCC1. The second-order valence-electron chi connectivity index (χ2n) is 4.19. The molecule has 1 saturated heterocycles. The van der Waals surface area contributed by atoms with Crippen LogP contribution in [0.4, 0.5) is 0 Å². The normalized spacial score (nSPS) is 16.6. The summed E-state index contributed by atoms with van der Waals surface area (Å²) in [5.41, 5.74) is 0.337. The van der Waals surface area contributed by atoms with E-state index in [9.17, 15) is 13.2 Å². The van der Waals surface area contributed by atoms with Crippen LogP contribution in [-0.4, -0.2) is 50.1 Å². The molecule has 1 aromatic rings. The maximum absolute atomic E-state index is 12.3. The second kappa shape index (κ2) is 5.52. The van der Waals surface area contributed by atoms with E-state index < -0.39 is 9.05 Å². The molecule has 106 valence electrons. The van der Waals surface area contributed by atoms with Crippen LogP contribution in [0.25, 0.3) is 0 Å². The Hall–Kier alpha value is -1.05. The van der Waals surface area contributed by atoms with Gasteiger partial charge in [-0.1, -0.05) is 0 Å². The standard InChI is InChI=1S/C11H15ClN2O4S/c1-2-13-8-9(19(12,16)17)7-10(13)11(15)14-3-5-18-6-4-14/h7-8H,2-6H2,1H3. The van der Waals surface area contributed by atoms with Crippen molar-refractivity contribution in [2.24, 2.45) is 0 Å². The zero-order chi connectivity index (χ0) is 14.0. The molecule has 1 fully saturated rings. The summed E-state index contributed by atoms with van der Waals surface area (Å²) < 4.78 is 29.4. The van der Waals surface area contributed by atoms with Crippen LogP contribution >= 0.6 is 10.7 Å². The van der Waals surface area contributed by atoms with Gasteiger partial charge < -0.3 is 14.2 Å². The van der Waals surface area contributed by atoms with Gasteiger partial charge in [0.2, 0.25) is 0 Å². The molecule has 1 aromatic heterocycles. The van der Waals surface area contributed by atoms with Crippen LogP contribution in [0.5, 0.6) is 0 Å². The Morgan fingerprint density at radius 3 is 2.58 bits per heavy atom. The summed E-state index contributed by atoms with van der Waals surface area (Å²) in [4.78, 5) is 13.9. The number of nitrogens with zero attached hydrogens (tertiary/aromatic N) is 2. The Morgan fingerprint density at radius 1 is 1.42 bits per heavy atom. The zero-order valence-electron chi connectivity index (χ0n) is 10.5. The summed E-state index contributed by atoms with van der Waals surface area (Å²) in [5.74, 6) is -0.197. The summed E-state index contributed by atoms with van der Waals surface area (Å²) in [6.45, 7) is 4.35. The van der Waals surface area contributed by atoms with Gasteiger partial charge in [0, 0.05) is 36.5 Å². The van der Waals surface area contributed by atoms with Gasteiger partial charge in [-0.25, -0.2) is 8.42 Å². The molecule has 0 aromatic carbocycles. The fourth-order valence-electron chi connectivity index (χ4n) is 1.99. The predicted molar refractivity (Wildman–Crippen MR) is 69.9 cm³/mol. The van der Waals surface area contributed by atoms with Gasteiger partial charge >= 0.3 is 0 Å². The number of carbonyl (C=O) groups excluding carboxylic acids is 1. The van der Waals surface area contributed by atoms with E-state index in [1.54, 1.807) is 9.47 Å². The van der Waals surface area contributed by atoms with Crippen molar-refractivity contribution >= 4 is 25.6 Å². The largest absolute Gasteiger partial charge is 0.378 e. The predicted octanol–water partition coefficient (Wildman–Crippen LogP) is 0.908. The molecule has 19 heavy (non-hydrogen) atoms.